The van der Waals surface area contributed by atoms with Gasteiger partial charge < -0.3 is 19.3 Å². The summed E-state index contributed by atoms with van der Waals surface area (Å²) in [5.74, 6) is 2.40. The van der Waals surface area contributed by atoms with Gasteiger partial charge in [-0.05, 0) is 101 Å². The van der Waals surface area contributed by atoms with Gasteiger partial charge in [-0.15, -0.1) is 0 Å². The molecule has 3 fully saturated rings. The number of hydrogen-bond donors (Lipinski definition) is 1. The summed E-state index contributed by atoms with van der Waals surface area (Å²) in [6.45, 7) is 3.14. The third-order valence-corrected chi connectivity index (χ3v) is 12.3. The van der Waals surface area contributed by atoms with E-state index in [0.717, 1.165) is 55.3 Å². The molecule has 5 aromatic carbocycles. The number of likely N-dealkylation sites (tertiary alicyclic amines) is 1. The first-order valence-corrected chi connectivity index (χ1v) is 17.6. The molecule has 0 amide bonds. The largest absolute Gasteiger partial charge is 0.485 e. The predicted octanol–water partition coefficient (Wildman–Crippen LogP) is 7.72. The molecule has 5 atom stereocenters. The van der Waals surface area contributed by atoms with E-state index in [-0.39, 0.29) is 12.1 Å². The maximum atomic E-state index is 11.8. The SMILES string of the molecule is O[C@H]1CC[C@@]2(OCc3c4ccccc4cc4ccccc34)[C@H]3Cc4ccc(OCc5ccccc5)c5c4[C@@]2(CCN3CC2CC2)[C@@H]1O5. The number of ether oxygens (including phenoxy) is 3. The van der Waals surface area contributed by atoms with Crippen LogP contribution in [0.25, 0.3) is 21.5 Å². The van der Waals surface area contributed by atoms with E-state index < -0.39 is 17.1 Å². The lowest BCUT2D eigenvalue weighted by Crippen LogP contribution is -2.78. The Labute approximate surface area is 276 Å². The molecule has 1 spiro atoms. The van der Waals surface area contributed by atoms with Gasteiger partial charge in [-0.25, -0.2) is 0 Å². The van der Waals surface area contributed by atoms with Gasteiger partial charge in [0.25, 0.3) is 0 Å². The van der Waals surface area contributed by atoms with E-state index in [1.807, 2.05) is 18.2 Å². The van der Waals surface area contributed by atoms with E-state index in [9.17, 15) is 5.11 Å². The molecule has 0 unspecified atom stereocenters. The maximum Gasteiger partial charge on any atom is 0.166 e. The van der Waals surface area contributed by atoms with E-state index >= 15 is 0 Å². The molecule has 2 saturated carbocycles. The zero-order valence-electron chi connectivity index (χ0n) is 26.7. The Morgan fingerprint density at radius 1 is 0.809 bits per heavy atom. The van der Waals surface area contributed by atoms with Gasteiger partial charge in [0, 0.05) is 18.2 Å². The Balaban J connectivity index is 1.12. The van der Waals surface area contributed by atoms with Crippen LogP contribution >= 0.6 is 0 Å². The molecule has 5 aliphatic rings. The minimum atomic E-state index is -0.555. The zero-order chi connectivity index (χ0) is 31.2. The monoisotopic (exact) mass is 623 g/mol. The molecule has 2 aliphatic heterocycles. The Kier molecular flexibility index (Phi) is 6.32. The summed E-state index contributed by atoms with van der Waals surface area (Å²) in [5, 5.41) is 16.8. The minimum Gasteiger partial charge on any atom is -0.485 e. The summed E-state index contributed by atoms with van der Waals surface area (Å²) in [7, 11) is 0. The second-order valence-electron chi connectivity index (χ2n) is 14.7. The Hall–Kier alpha value is -3.90. The van der Waals surface area contributed by atoms with Gasteiger partial charge in [0.05, 0.1) is 23.7 Å². The van der Waals surface area contributed by atoms with Crippen molar-refractivity contribution in [2.24, 2.45) is 5.92 Å². The zero-order valence-corrected chi connectivity index (χ0v) is 26.7. The molecule has 47 heavy (non-hydrogen) atoms. The topological polar surface area (TPSA) is 51.2 Å². The van der Waals surface area contributed by atoms with Crippen molar-refractivity contribution >= 4 is 21.5 Å². The van der Waals surface area contributed by atoms with Crippen LogP contribution in [0.4, 0.5) is 0 Å². The van der Waals surface area contributed by atoms with Crippen LogP contribution in [0.3, 0.4) is 0 Å². The first kappa shape index (κ1) is 28.1. The highest BCUT2D eigenvalue weighted by Gasteiger charge is 2.74. The molecule has 238 valence electrons. The van der Waals surface area contributed by atoms with E-state index in [1.165, 1.54) is 51.1 Å². The molecule has 5 heteroatoms. The smallest absolute Gasteiger partial charge is 0.166 e. The first-order chi connectivity index (χ1) is 23.1. The molecule has 2 bridgehead atoms. The van der Waals surface area contributed by atoms with E-state index in [4.69, 9.17) is 14.2 Å². The average Bonchev–Trinajstić information content (AvgIpc) is 3.86. The van der Waals surface area contributed by atoms with Crippen LogP contribution in [0.2, 0.25) is 0 Å². The normalized spacial score (nSPS) is 29.1. The van der Waals surface area contributed by atoms with Crippen LogP contribution in [0.1, 0.15) is 54.4 Å². The molecule has 10 rings (SSSR count). The number of aliphatic hydroxyl groups is 1. The van der Waals surface area contributed by atoms with Crippen LogP contribution in [0.15, 0.2) is 97.1 Å². The molecule has 3 aliphatic carbocycles. The molecule has 1 N–H and O–H groups in total. The average molecular weight is 624 g/mol. The summed E-state index contributed by atoms with van der Waals surface area (Å²) >= 11 is 0. The van der Waals surface area contributed by atoms with Crippen molar-refractivity contribution in [3.63, 3.8) is 0 Å². The van der Waals surface area contributed by atoms with Gasteiger partial charge in [0.15, 0.2) is 11.5 Å². The van der Waals surface area contributed by atoms with Gasteiger partial charge in [-0.1, -0.05) is 84.9 Å². The Morgan fingerprint density at radius 3 is 2.32 bits per heavy atom. The minimum absolute atomic E-state index is 0.228. The third kappa shape index (κ3) is 4.13. The summed E-state index contributed by atoms with van der Waals surface area (Å²) in [6.07, 6.45) is 5.07. The Bertz CT molecular complexity index is 1950. The summed E-state index contributed by atoms with van der Waals surface area (Å²) in [5.41, 5.74) is 4.03. The number of fused-ring (bicyclic) bond motifs is 2. The molecular formula is C42H41NO4. The van der Waals surface area contributed by atoms with Crippen molar-refractivity contribution < 1.29 is 19.3 Å². The number of hydrogen-bond acceptors (Lipinski definition) is 5. The van der Waals surface area contributed by atoms with Gasteiger partial charge in [-0.2, -0.15) is 0 Å². The van der Waals surface area contributed by atoms with Crippen LogP contribution in [0, 0.1) is 5.92 Å². The number of aliphatic hydroxyl groups excluding tert-OH is 1. The van der Waals surface area contributed by atoms with E-state index in [1.54, 1.807) is 0 Å². The van der Waals surface area contributed by atoms with Gasteiger partial charge in [0.2, 0.25) is 0 Å². The molecule has 0 radical (unpaired) electrons. The lowest BCUT2D eigenvalue weighted by atomic mass is 9.48. The highest BCUT2D eigenvalue weighted by atomic mass is 16.5. The van der Waals surface area contributed by atoms with Crippen LogP contribution in [-0.2, 0) is 29.8 Å². The standard InChI is InChI=1S/C42H41NO4/c44-35-18-19-42(46-26-34-32-12-6-4-10-29(32)22-30-11-5-7-13-33(30)34)37-23-31-16-17-36(45-25-28-8-2-1-3-9-28)39-38(31)41(42,40(35)47-39)20-21-43(37)24-27-14-15-27/h1-13,16-17,22,27,35,37,40,44H,14-15,18-21,23-26H2/t35-,37+,40+,41-,42+/m0/s1. The second kappa shape index (κ2) is 10.6. The lowest BCUT2D eigenvalue weighted by molar-refractivity contribution is -0.238. The molecule has 0 aromatic heterocycles. The highest BCUT2D eigenvalue weighted by Crippen LogP contribution is 2.67. The molecule has 2 heterocycles. The van der Waals surface area contributed by atoms with E-state index in [0.29, 0.717) is 19.6 Å². The second-order valence-corrected chi connectivity index (χ2v) is 14.7. The fraction of sp³-hybridized carbons (Fsp3) is 0.381. The van der Waals surface area contributed by atoms with Crippen LogP contribution < -0.4 is 9.47 Å². The van der Waals surface area contributed by atoms with Crippen LogP contribution in [-0.4, -0.2) is 46.9 Å². The molecule has 5 aromatic rings. The van der Waals surface area contributed by atoms with Crippen molar-refractivity contribution in [1.82, 2.24) is 4.90 Å². The summed E-state index contributed by atoms with van der Waals surface area (Å²) in [4.78, 5) is 2.76. The van der Waals surface area contributed by atoms with Crippen molar-refractivity contribution in [2.45, 2.75) is 81.0 Å². The van der Waals surface area contributed by atoms with Crippen molar-refractivity contribution in [3.05, 3.63) is 119 Å². The maximum absolute atomic E-state index is 11.8. The van der Waals surface area contributed by atoms with Crippen LogP contribution in [0.5, 0.6) is 11.5 Å². The van der Waals surface area contributed by atoms with Crippen molar-refractivity contribution in [2.75, 3.05) is 13.1 Å². The number of rotatable bonds is 8. The van der Waals surface area contributed by atoms with Gasteiger partial charge in [-0.3, -0.25) is 4.90 Å². The van der Waals surface area contributed by atoms with Gasteiger partial charge in [0.1, 0.15) is 12.7 Å². The summed E-state index contributed by atoms with van der Waals surface area (Å²) in [6, 6.07) is 34.7. The first-order valence-electron chi connectivity index (χ1n) is 17.6. The fourth-order valence-electron chi connectivity index (χ4n) is 10.0. The third-order valence-electron chi connectivity index (χ3n) is 12.3. The number of nitrogens with zero attached hydrogens (tertiary/aromatic N) is 1. The number of benzene rings is 5. The molecule has 1 saturated heterocycles. The van der Waals surface area contributed by atoms with Crippen molar-refractivity contribution in [3.8, 4) is 11.5 Å². The quantitative estimate of drug-likeness (QED) is 0.179. The molecule has 5 nitrogen and oxygen atoms in total. The van der Waals surface area contributed by atoms with E-state index in [2.05, 4.69) is 83.8 Å². The molecular weight excluding hydrogens is 582 g/mol. The lowest BCUT2D eigenvalue weighted by Gasteiger charge is -2.65. The highest BCUT2D eigenvalue weighted by molar-refractivity contribution is 6.02. The van der Waals surface area contributed by atoms with Gasteiger partial charge >= 0.3 is 0 Å². The van der Waals surface area contributed by atoms with Crippen molar-refractivity contribution in [1.29, 1.82) is 0 Å². The Morgan fingerprint density at radius 2 is 1.55 bits per heavy atom. The fourth-order valence-corrected chi connectivity index (χ4v) is 10.0. The number of piperidine rings is 1. The predicted molar refractivity (Wildman–Crippen MR) is 184 cm³/mol. The summed E-state index contributed by atoms with van der Waals surface area (Å²) < 4.78 is 21.2.